The van der Waals surface area contributed by atoms with Gasteiger partial charge in [-0.2, -0.15) is 13.2 Å². The molecule has 0 saturated heterocycles. The topological polar surface area (TPSA) is 43.4 Å². The molecule has 0 N–H and O–H groups in total. The number of carbonyl (C=O) groups excluding carboxylic acids is 2. The molecule has 6 heteroatoms. The second-order valence-corrected chi connectivity index (χ2v) is 5.87. The van der Waals surface area contributed by atoms with Crippen LogP contribution >= 0.6 is 0 Å². The molecule has 0 spiro atoms. The summed E-state index contributed by atoms with van der Waals surface area (Å²) in [4.78, 5) is 23.0. The minimum absolute atomic E-state index is 0.0299. The van der Waals surface area contributed by atoms with Crippen molar-refractivity contribution in [1.29, 1.82) is 0 Å². The van der Waals surface area contributed by atoms with E-state index in [2.05, 4.69) is 0 Å². The van der Waals surface area contributed by atoms with Gasteiger partial charge in [-0.3, -0.25) is 9.59 Å². The molecule has 1 aliphatic carbocycles. The summed E-state index contributed by atoms with van der Waals surface area (Å²) in [5, 5.41) is 0. The van der Waals surface area contributed by atoms with Crippen LogP contribution in [0, 0.1) is 5.92 Å². The lowest BCUT2D eigenvalue weighted by Gasteiger charge is -2.27. The summed E-state index contributed by atoms with van der Waals surface area (Å²) in [6.45, 7) is 2.58. The normalized spacial score (nSPS) is 18.2. The fourth-order valence-corrected chi connectivity index (χ4v) is 2.75. The van der Waals surface area contributed by atoms with Crippen molar-refractivity contribution in [3.05, 3.63) is 35.4 Å². The largest absolute Gasteiger partial charge is 0.466 e. The molecule has 1 aromatic rings. The lowest BCUT2D eigenvalue weighted by Crippen LogP contribution is -2.32. The molecule has 23 heavy (non-hydrogen) atoms. The fraction of sp³-hybridized carbons (Fsp3) is 0.529. The highest BCUT2D eigenvalue weighted by molar-refractivity contribution is 5.86. The summed E-state index contributed by atoms with van der Waals surface area (Å²) in [6.07, 6.45) is -3.55. The summed E-state index contributed by atoms with van der Waals surface area (Å²) >= 11 is 0. The third-order valence-corrected chi connectivity index (χ3v) is 4.27. The van der Waals surface area contributed by atoms with E-state index in [0.717, 1.165) is 12.5 Å². The number of Topliss-reactive ketones (excluding diaryl/α,β-unsaturated/α-hetero) is 1. The molecule has 1 saturated carbocycles. The second-order valence-electron chi connectivity index (χ2n) is 5.87. The molecule has 1 unspecified atom stereocenters. The highest BCUT2D eigenvalue weighted by Crippen LogP contribution is 2.39. The first-order valence-electron chi connectivity index (χ1n) is 7.59. The van der Waals surface area contributed by atoms with E-state index in [0.29, 0.717) is 12.8 Å². The van der Waals surface area contributed by atoms with Crippen molar-refractivity contribution in [3.63, 3.8) is 0 Å². The van der Waals surface area contributed by atoms with Crippen molar-refractivity contribution in [2.45, 2.75) is 44.7 Å². The maximum absolute atomic E-state index is 13.1. The number of hydrogen-bond acceptors (Lipinski definition) is 3. The molecule has 2 rings (SSSR count). The van der Waals surface area contributed by atoms with Crippen LogP contribution in [0.4, 0.5) is 13.2 Å². The van der Waals surface area contributed by atoms with Gasteiger partial charge in [0, 0.05) is 12.8 Å². The molecule has 126 valence electrons. The van der Waals surface area contributed by atoms with Crippen LogP contribution in [0.25, 0.3) is 0 Å². The van der Waals surface area contributed by atoms with Crippen molar-refractivity contribution in [2.24, 2.45) is 5.92 Å². The Hall–Kier alpha value is -1.85. The lowest BCUT2D eigenvalue weighted by molar-refractivity contribution is -0.185. The summed E-state index contributed by atoms with van der Waals surface area (Å²) in [6, 6.07) is 6.45. The van der Waals surface area contributed by atoms with Crippen molar-refractivity contribution in [1.82, 2.24) is 0 Å². The summed E-state index contributed by atoms with van der Waals surface area (Å²) in [7, 11) is 0. The Bertz CT molecular complexity index is 570. The van der Waals surface area contributed by atoms with Crippen LogP contribution in [0.5, 0.6) is 0 Å². The van der Waals surface area contributed by atoms with E-state index in [9.17, 15) is 22.8 Å². The molecular formula is C17H19F3O3. The Labute approximate surface area is 132 Å². The zero-order valence-corrected chi connectivity index (χ0v) is 13.0. The zero-order chi connectivity index (χ0) is 17.2. The van der Waals surface area contributed by atoms with Gasteiger partial charge < -0.3 is 4.74 Å². The van der Waals surface area contributed by atoms with Gasteiger partial charge in [0.25, 0.3) is 0 Å². The van der Waals surface area contributed by atoms with Crippen molar-refractivity contribution >= 4 is 11.8 Å². The average molecular weight is 328 g/mol. The second kappa shape index (κ2) is 6.72. The number of hydrogen-bond donors (Lipinski definition) is 0. The number of halogens is 3. The Morgan fingerprint density at radius 1 is 1.26 bits per heavy atom. The van der Waals surface area contributed by atoms with Gasteiger partial charge in [-0.1, -0.05) is 31.2 Å². The molecule has 3 nitrogen and oxygen atoms in total. The van der Waals surface area contributed by atoms with E-state index < -0.39 is 24.0 Å². The molecule has 0 aliphatic heterocycles. The van der Waals surface area contributed by atoms with Crippen LogP contribution in [0.15, 0.2) is 24.3 Å². The third-order valence-electron chi connectivity index (χ3n) is 4.27. The van der Waals surface area contributed by atoms with Crippen LogP contribution < -0.4 is 0 Å². The van der Waals surface area contributed by atoms with Crippen molar-refractivity contribution < 1.29 is 27.5 Å². The van der Waals surface area contributed by atoms with E-state index in [4.69, 9.17) is 4.74 Å². The molecule has 1 aromatic carbocycles. The van der Waals surface area contributed by atoms with Gasteiger partial charge in [-0.15, -0.1) is 0 Å². The van der Waals surface area contributed by atoms with E-state index in [1.54, 1.807) is 19.1 Å². The molecule has 2 atom stereocenters. The molecule has 1 fully saturated rings. The van der Waals surface area contributed by atoms with E-state index in [-0.39, 0.29) is 23.9 Å². The molecular weight excluding hydrogens is 309 g/mol. The highest BCUT2D eigenvalue weighted by Gasteiger charge is 2.45. The number of esters is 1. The first kappa shape index (κ1) is 17.5. The maximum Gasteiger partial charge on any atom is 0.392 e. The minimum Gasteiger partial charge on any atom is -0.466 e. The molecule has 0 radical (unpaired) electrons. The van der Waals surface area contributed by atoms with E-state index in [1.165, 1.54) is 12.1 Å². The van der Waals surface area contributed by atoms with Crippen LogP contribution in [0.1, 0.15) is 49.7 Å². The quantitative estimate of drug-likeness (QED) is 0.768. The summed E-state index contributed by atoms with van der Waals surface area (Å²) < 4.78 is 44.0. The summed E-state index contributed by atoms with van der Waals surface area (Å²) in [5.41, 5.74) is 1.19. The molecule has 0 bridgehead atoms. The van der Waals surface area contributed by atoms with Crippen LogP contribution in [0.3, 0.4) is 0 Å². The first-order valence-corrected chi connectivity index (χ1v) is 7.59. The highest BCUT2D eigenvalue weighted by atomic mass is 19.4. The van der Waals surface area contributed by atoms with Crippen molar-refractivity contribution in [2.75, 3.05) is 6.61 Å². The SMILES string of the molecule is CCOC(=O)C(c1ccc(C2CC(=O)C2)cc1)[C@@H](C)C(F)(F)F. The third kappa shape index (κ3) is 3.92. The Morgan fingerprint density at radius 2 is 1.83 bits per heavy atom. The number of ether oxygens (including phenoxy) is 1. The molecule has 0 heterocycles. The standard InChI is InChI=1S/C17H19F3O3/c1-3-23-16(22)15(10(2)17(18,19)20)12-6-4-11(5-7-12)13-8-14(21)9-13/h4-7,10,13,15H,3,8-9H2,1-2H3/t10-,15?/m1/s1. The Morgan fingerprint density at radius 3 is 2.26 bits per heavy atom. The first-order chi connectivity index (χ1) is 10.7. The Balaban J connectivity index is 2.24. The number of carbonyl (C=O) groups is 2. The average Bonchev–Trinajstić information content (AvgIpc) is 2.44. The fourth-order valence-electron chi connectivity index (χ4n) is 2.75. The van der Waals surface area contributed by atoms with E-state index in [1.807, 2.05) is 0 Å². The van der Waals surface area contributed by atoms with Gasteiger partial charge in [-0.05, 0) is 24.0 Å². The van der Waals surface area contributed by atoms with Crippen molar-refractivity contribution in [3.8, 4) is 0 Å². The molecule has 0 aromatic heterocycles. The van der Waals surface area contributed by atoms with Crippen LogP contribution in [-0.2, 0) is 14.3 Å². The summed E-state index contributed by atoms with van der Waals surface area (Å²) in [5.74, 6) is -3.76. The minimum atomic E-state index is -4.49. The zero-order valence-electron chi connectivity index (χ0n) is 13.0. The smallest absolute Gasteiger partial charge is 0.392 e. The van der Waals surface area contributed by atoms with Crippen LogP contribution in [-0.4, -0.2) is 24.5 Å². The lowest BCUT2D eigenvalue weighted by atomic mass is 9.78. The predicted octanol–water partition coefficient (Wildman–Crippen LogP) is 3.98. The number of alkyl halides is 3. The van der Waals surface area contributed by atoms with Gasteiger partial charge in [0.2, 0.25) is 0 Å². The molecule has 0 amide bonds. The van der Waals surface area contributed by atoms with E-state index >= 15 is 0 Å². The van der Waals surface area contributed by atoms with Crippen LogP contribution in [0.2, 0.25) is 0 Å². The predicted molar refractivity (Wildman–Crippen MR) is 78.0 cm³/mol. The number of rotatable bonds is 5. The van der Waals surface area contributed by atoms with Gasteiger partial charge in [0.05, 0.1) is 18.4 Å². The number of ketones is 1. The molecule has 1 aliphatic rings. The Kier molecular flexibility index (Phi) is 5.12. The van der Waals surface area contributed by atoms with Gasteiger partial charge in [0.1, 0.15) is 5.78 Å². The monoisotopic (exact) mass is 328 g/mol. The van der Waals surface area contributed by atoms with Gasteiger partial charge in [0.15, 0.2) is 0 Å². The van der Waals surface area contributed by atoms with Gasteiger partial charge in [-0.25, -0.2) is 0 Å². The maximum atomic E-state index is 13.1. The van der Waals surface area contributed by atoms with Gasteiger partial charge >= 0.3 is 12.1 Å². The number of benzene rings is 1.